The second kappa shape index (κ2) is 6.96. The second-order valence-electron chi connectivity index (χ2n) is 6.02. The third-order valence-electron chi connectivity index (χ3n) is 4.05. The topological polar surface area (TPSA) is 93.4 Å². The third-order valence-corrected chi connectivity index (χ3v) is 4.05. The molecule has 0 saturated carbocycles. The van der Waals surface area contributed by atoms with Gasteiger partial charge in [-0.25, -0.2) is 0 Å². The maximum atomic E-state index is 12.5. The summed E-state index contributed by atoms with van der Waals surface area (Å²) in [5.41, 5.74) is 1.38. The first-order valence-corrected chi connectivity index (χ1v) is 7.87. The number of carbonyl (C=O) groups is 1. The Kier molecular flexibility index (Phi) is 4.75. The maximum Gasteiger partial charge on any atom is 0.256 e. The summed E-state index contributed by atoms with van der Waals surface area (Å²) in [5, 5.41) is 6.77. The van der Waals surface area contributed by atoms with E-state index in [1.807, 2.05) is 25.1 Å². The molecular weight excluding hydrogens is 310 g/mol. The minimum atomic E-state index is -0.270. The first kappa shape index (κ1) is 16.4. The van der Waals surface area contributed by atoms with Crippen molar-refractivity contribution < 1.29 is 14.1 Å². The summed E-state index contributed by atoms with van der Waals surface area (Å²) < 4.78 is 10.9. The summed E-state index contributed by atoms with van der Waals surface area (Å²) >= 11 is 0. The van der Waals surface area contributed by atoms with Crippen LogP contribution in [-0.2, 0) is 4.74 Å². The number of aryl methyl sites for hydroxylation is 1. The molecule has 0 unspecified atom stereocenters. The highest BCUT2D eigenvalue weighted by molar-refractivity contribution is 5.99. The molecule has 0 radical (unpaired) electrons. The van der Waals surface area contributed by atoms with E-state index in [0.717, 1.165) is 12.1 Å². The van der Waals surface area contributed by atoms with E-state index in [-0.39, 0.29) is 17.9 Å². The molecule has 2 aromatic rings. The minimum absolute atomic E-state index is 0.105. The molecule has 0 bridgehead atoms. The molecule has 1 aliphatic rings. The number of hydrogen-bond donors (Lipinski definition) is 1. The standard InChI is InChI=1S/C16H21N5O3/c1-10-19-16(24-20-10)14-11(5-7-23-14)8-18-15(22)12-9-17-6-4-13(12)21(2)3/h4,6,9,11,14H,5,7-8H2,1-3H3,(H,18,22)/t11-,14-/m0/s1. The molecule has 3 rings (SSSR count). The van der Waals surface area contributed by atoms with Crippen LogP contribution in [0.25, 0.3) is 0 Å². The van der Waals surface area contributed by atoms with Gasteiger partial charge in [-0.05, 0) is 19.4 Å². The number of carbonyl (C=O) groups excluding carboxylic acids is 1. The molecule has 1 saturated heterocycles. The lowest BCUT2D eigenvalue weighted by Gasteiger charge is -2.18. The molecule has 8 nitrogen and oxygen atoms in total. The van der Waals surface area contributed by atoms with Crippen LogP contribution in [0, 0.1) is 12.8 Å². The molecule has 3 heterocycles. The lowest BCUT2D eigenvalue weighted by Crippen LogP contribution is -2.31. The smallest absolute Gasteiger partial charge is 0.256 e. The molecule has 1 N–H and O–H groups in total. The van der Waals surface area contributed by atoms with Crippen LogP contribution in [0.5, 0.6) is 0 Å². The fraction of sp³-hybridized carbons (Fsp3) is 0.500. The summed E-state index contributed by atoms with van der Waals surface area (Å²) in [6.07, 6.45) is 3.81. The van der Waals surface area contributed by atoms with E-state index >= 15 is 0 Å². The van der Waals surface area contributed by atoms with Crippen LogP contribution >= 0.6 is 0 Å². The summed E-state index contributed by atoms with van der Waals surface area (Å²) in [4.78, 5) is 22.7. The van der Waals surface area contributed by atoms with Crippen LogP contribution in [0.1, 0.15) is 34.6 Å². The Morgan fingerprint density at radius 1 is 1.46 bits per heavy atom. The van der Waals surface area contributed by atoms with Crippen molar-refractivity contribution in [1.82, 2.24) is 20.4 Å². The Balaban J connectivity index is 1.66. The van der Waals surface area contributed by atoms with E-state index in [9.17, 15) is 4.79 Å². The van der Waals surface area contributed by atoms with Crippen molar-refractivity contribution >= 4 is 11.6 Å². The fourth-order valence-corrected chi connectivity index (χ4v) is 2.82. The number of aromatic nitrogens is 3. The zero-order valence-corrected chi connectivity index (χ0v) is 14.0. The number of amides is 1. The van der Waals surface area contributed by atoms with Crippen LogP contribution in [0.2, 0.25) is 0 Å². The van der Waals surface area contributed by atoms with Gasteiger partial charge >= 0.3 is 0 Å². The summed E-state index contributed by atoms with van der Waals surface area (Å²) in [7, 11) is 3.79. The lowest BCUT2D eigenvalue weighted by atomic mass is 10.0. The maximum absolute atomic E-state index is 12.5. The molecule has 1 amide bonds. The highest BCUT2D eigenvalue weighted by Gasteiger charge is 2.34. The molecular formula is C16H21N5O3. The number of rotatable bonds is 5. The molecule has 0 aromatic carbocycles. The van der Waals surface area contributed by atoms with E-state index in [1.165, 1.54) is 0 Å². The van der Waals surface area contributed by atoms with Gasteiger partial charge in [-0.3, -0.25) is 9.78 Å². The first-order chi connectivity index (χ1) is 11.6. The van der Waals surface area contributed by atoms with Gasteiger partial charge in [0, 0.05) is 45.6 Å². The van der Waals surface area contributed by atoms with Crippen molar-refractivity contribution in [2.45, 2.75) is 19.4 Å². The number of anilines is 1. The number of pyridine rings is 1. The minimum Gasteiger partial charge on any atom is -0.377 e. The molecule has 0 aliphatic carbocycles. The van der Waals surface area contributed by atoms with E-state index in [1.54, 1.807) is 19.3 Å². The van der Waals surface area contributed by atoms with Gasteiger partial charge < -0.3 is 19.5 Å². The molecule has 2 atom stereocenters. The Hall–Kier alpha value is -2.48. The van der Waals surface area contributed by atoms with Crippen molar-refractivity contribution in [3.63, 3.8) is 0 Å². The predicted octanol–water partition coefficient (Wildman–Crippen LogP) is 1.35. The first-order valence-electron chi connectivity index (χ1n) is 7.87. The van der Waals surface area contributed by atoms with Gasteiger partial charge in [-0.1, -0.05) is 5.16 Å². The Morgan fingerprint density at radius 2 is 2.29 bits per heavy atom. The van der Waals surface area contributed by atoms with Crippen molar-refractivity contribution in [2.24, 2.45) is 5.92 Å². The molecule has 2 aromatic heterocycles. The molecule has 24 heavy (non-hydrogen) atoms. The van der Waals surface area contributed by atoms with Crippen LogP contribution < -0.4 is 10.2 Å². The monoisotopic (exact) mass is 331 g/mol. The summed E-state index contributed by atoms with van der Waals surface area (Å²) in [6, 6.07) is 1.82. The lowest BCUT2D eigenvalue weighted by molar-refractivity contribution is 0.0613. The molecule has 8 heteroatoms. The van der Waals surface area contributed by atoms with Gasteiger partial charge in [0.25, 0.3) is 11.8 Å². The number of nitrogens with zero attached hydrogens (tertiary/aromatic N) is 4. The normalized spacial score (nSPS) is 20.1. The van der Waals surface area contributed by atoms with Gasteiger partial charge in [0.2, 0.25) is 0 Å². The van der Waals surface area contributed by atoms with E-state index in [2.05, 4.69) is 20.4 Å². The Morgan fingerprint density at radius 3 is 3.00 bits per heavy atom. The third kappa shape index (κ3) is 3.38. The van der Waals surface area contributed by atoms with Crippen LogP contribution in [0.15, 0.2) is 23.0 Å². The average molecular weight is 331 g/mol. The van der Waals surface area contributed by atoms with Crippen molar-refractivity contribution in [3.8, 4) is 0 Å². The highest BCUT2D eigenvalue weighted by Crippen LogP contribution is 2.33. The summed E-state index contributed by atoms with van der Waals surface area (Å²) in [5.74, 6) is 1.00. The molecule has 1 aliphatic heterocycles. The quantitative estimate of drug-likeness (QED) is 0.883. The SMILES string of the molecule is Cc1noc([C@H]2OCC[C@H]2CNC(=O)c2cnccc2N(C)C)n1. The summed E-state index contributed by atoms with van der Waals surface area (Å²) in [6.45, 7) is 2.86. The van der Waals surface area contributed by atoms with Gasteiger partial charge in [0.15, 0.2) is 5.82 Å². The Bertz CT molecular complexity index is 715. The number of ether oxygens (including phenoxy) is 1. The van der Waals surface area contributed by atoms with Gasteiger partial charge in [0.1, 0.15) is 6.10 Å². The Labute approximate surface area is 140 Å². The van der Waals surface area contributed by atoms with Crippen molar-refractivity contribution in [3.05, 3.63) is 35.7 Å². The zero-order valence-electron chi connectivity index (χ0n) is 14.0. The van der Waals surface area contributed by atoms with Crippen molar-refractivity contribution in [1.29, 1.82) is 0 Å². The molecule has 0 spiro atoms. The van der Waals surface area contributed by atoms with E-state index in [4.69, 9.17) is 9.26 Å². The van der Waals surface area contributed by atoms with Gasteiger partial charge in [-0.15, -0.1) is 0 Å². The average Bonchev–Trinajstić information content (AvgIpc) is 3.21. The molecule has 128 valence electrons. The van der Waals surface area contributed by atoms with Gasteiger partial charge in [-0.2, -0.15) is 4.98 Å². The fourth-order valence-electron chi connectivity index (χ4n) is 2.82. The zero-order chi connectivity index (χ0) is 17.1. The largest absolute Gasteiger partial charge is 0.377 e. The predicted molar refractivity (Wildman–Crippen MR) is 86.7 cm³/mol. The number of hydrogen-bond acceptors (Lipinski definition) is 7. The van der Waals surface area contributed by atoms with Gasteiger partial charge in [0.05, 0.1) is 11.3 Å². The highest BCUT2D eigenvalue weighted by atomic mass is 16.5. The van der Waals surface area contributed by atoms with E-state index in [0.29, 0.717) is 30.4 Å². The van der Waals surface area contributed by atoms with Crippen LogP contribution in [0.4, 0.5) is 5.69 Å². The van der Waals surface area contributed by atoms with Crippen LogP contribution in [0.3, 0.4) is 0 Å². The van der Waals surface area contributed by atoms with E-state index < -0.39 is 0 Å². The second-order valence-corrected chi connectivity index (χ2v) is 6.02. The number of nitrogens with one attached hydrogen (secondary N) is 1. The van der Waals surface area contributed by atoms with Crippen LogP contribution in [-0.4, -0.2) is 48.3 Å². The molecule has 1 fully saturated rings. The van der Waals surface area contributed by atoms with Crippen molar-refractivity contribution in [2.75, 3.05) is 32.1 Å².